The van der Waals surface area contributed by atoms with E-state index in [1.165, 1.54) is 23.3 Å². The summed E-state index contributed by atoms with van der Waals surface area (Å²) in [5.41, 5.74) is 2.34. The van der Waals surface area contributed by atoms with Gasteiger partial charge in [0.25, 0.3) is 0 Å². The van der Waals surface area contributed by atoms with Gasteiger partial charge >= 0.3 is 5.97 Å². The van der Waals surface area contributed by atoms with Crippen molar-refractivity contribution in [1.82, 2.24) is 4.98 Å². The van der Waals surface area contributed by atoms with Crippen LogP contribution in [0.2, 0.25) is 0 Å². The summed E-state index contributed by atoms with van der Waals surface area (Å²) in [6, 6.07) is 10.4. The number of carboxylic acid groups (broad SMARTS) is 1. The highest BCUT2D eigenvalue weighted by Gasteiger charge is 2.51. The number of carbonyl (C=O) groups is 1. The molecular weight excluding hydrogens is 358 g/mol. The zero-order valence-electron chi connectivity index (χ0n) is 15.9. The summed E-state index contributed by atoms with van der Waals surface area (Å²) in [7, 11) is 0. The van der Waals surface area contributed by atoms with Gasteiger partial charge in [0, 0.05) is 12.0 Å². The smallest absolute Gasteiger partial charge is 0.303 e. The van der Waals surface area contributed by atoms with E-state index in [1.54, 1.807) is 11.3 Å². The maximum Gasteiger partial charge on any atom is 0.303 e. The zero-order chi connectivity index (χ0) is 18.9. The van der Waals surface area contributed by atoms with Gasteiger partial charge in [-0.15, -0.1) is 11.3 Å². The molecule has 2 bridgehead atoms. The molecule has 3 aliphatic rings. The number of fused-ring (bicyclic) bond motifs is 3. The molecule has 5 rings (SSSR count). The first-order valence-electron chi connectivity index (χ1n) is 9.91. The number of nitrogens with zero attached hydrogens (tertiary/aromatic N) is 1. The quantitative estimate of drug-likeness (QED) is 0.635. The van der Waals surface area contributed by atoms with Crippen molar-refractivity contribution in [1.29, 1.82) is 0 Å². The highest BCUT2D eigenvalue weighted by Crippen LogP contribution is 2.57. The van der Waals surface area contributed by atoms with Gasteiger partial charge in [0.05, 0.1) is 22.2 Å². The van der Waals surface area contributed by atoms with Crippen molar-refractivity contribution >= 4 is 17.3 Å². The minimum Gasteiger partial charge on any atom is -0.481 e. The number of aromatic nitrogens is 1. The molecule has 2 aliphatic heterocycles. The molecule has 0 amide bonds. The van der Waals surface area contributed by atoms with Gasteiger partial charge in [0.15, 0.2) is 0 Å². The molecule has 0 spiro atoms. The maximum atomic E-state index is 10.7. The van der Waals surface area contributed by atoms with Gasteiger partial charge in [-0.2, -0.15) is 0 Å². The molecule has 1 aromatic heterocycles. The number of rotatable bonds is 7. The average Bonchev–Trinajstić information content (AvgIpc) is 3.10. The molecule has 2 aromatic rings. The largest absolute Gasteiger partial charge is 0.481 e. The normalized spacial score (nSPS) is 27.0. The van der Waals surface area contributed by atoms with Crippen LogP contribution in [-0.2, 0) is 15.1 Å². The molecule has 1 aliphatic carbocycles. The van der Waals surface area contributed by atoms with Crippen LogP contribution in [0.5, 0.6) is 0 Å². The summed E-state index contributed by atoms with van der Waals surface area (Å²) in [6.45, 7) is 2.88. The third-order valence-corrected chi connectivity index (χ3v) is 7.47. The molecule has 1 saturated carbocycles. The van der Waals surface area contributed by atoms with Crippen LogP contribution < -0.4 is 0 Å². The van der Waals surface area contributed by atoms with E-state index in [4.69, 9.17) is 14.8 Å². The Kier molecular flexibility index (Phi) is 5.08. The second-order valence-corrected chi connectivity index (χ2v) is 9.36. The van der Waals surface area contributed by atoms with E-state index in [2.05, 4.69) is 31.2 Å². The SMILES string of the molecule is Cc1nc(-c2ccccc2)c(C23CCC(CCCCC(=O)O)(CC2)CO3)s1. The fourth-order valence-corrected chi connectivity index (χ4v) is 5.82. The summed E-state index contributed by atoms with van der Waals surface area (Å²) < 4.78 is 6.56. The van der Waals surface area contributed by atoms with Crippen LogP contribution in [0.15, 0.2) is 30.3 Å². The Morgan fingerprint density at radius 2 is 1.93 bits per heavy atom. The molecule has 0 radical (unpaired) electrons. The minimum absolute atomic E-state index is 0.181. The van der Waals surface area contributed by atoms with Gasteiger partial charge in [-0.3, -0.25) is 4.79 Å². The van der Waals surface area contributed by atoms with Gasteiger partial charge in [-0.25, -0.2) is 4.98 Å². The van der Waals surface area contributed by atoms with E-state index in [0.29, 0.717) is 0 Å². The number of thiazole rings is 1. The van der Waals surface area contributed by atoms with Crippen LogP contribution >= 0.6 is 11.3 Å². The van der Waals surface area contributed by atoms with Gasteiger partial charge < -0.3 is 9.84 Å². The molecule has 3 fully saturated rings. The second kappa shape index (κ2) is 7.36. The number of aliphatic carboxylic acids is 1. The summed E-state index contributed by atoms with van der Waals surface area (Å²) >= 11 is 1.79. The Morgan fingerprint density at radius 3 is 2.56 bits per heavy atom. The van der Waals surface area contributed by atoms with Gasteiger partial charge in [-0.1, -0.05) is 36.8 Å². The topological polar surface area (TPSA) is 59.4 Å². The van der Waals surface area contributed by atoms with E-state index in [9.17, 15) is 4.79 Å². The number of hydrogen-bond acceptors (Lipinski definition) is 4. The summed E-state index contributed by atoms with van der Waals surface area (Å²) in [5.74, 6) is -0.691. The fraction of sp³-hybridized carbons (Fsp3) is 0.545. The molecule has 4 nitrogen and oxygen atoms in total. The first-order chi connectivity index (χ1) is 13.0. The first-order valence-corrected chi connectivity index (χ1v) is 10.7. The van der Waals surface area contributed by atoms with Crippen molar-refractivity contribution in [3.05, 3.63) is 40.2 Å². The van der Waals surface area contributed by atoms with Crippen LogP contribution in [0.25, 0.3) is 11.3 Å². The summed E-state index contributed by atoms with van der Waals surface area (Å²) in [6.07, 6.45) is 7.56. The molecule has 0 unspecified atom stereocenters. The highest BCUT2D eigenvalue weighted by atomic mass is 32.1. The molecule has 2 saturated heterocycles. The molecule has 1 N–H and O–H groups in total. The van der Waals surface area contributed by atoms with Crippen molar-refractivity contribution in [2.45, 2.75) is 63.9 Å². The van der Waals surface area contributed by atoms with Crippen LogP contribution in [0.4, 0.5) is 0 Å². The molecule has 3 heterocycles. The van der Waals surface area contributed by atoms with E-state index in [1.807, 2.05) is 6.07 Å². The number of aryl methyl sites for hydroxylation is 1. The number of ether oxygens (including phenoxy) is 1. The lowest BCUT2D eigenvalue weighted by Gasteiger charge is -2.53. The molecule has 1 aromatic carbocycles. The first kappa shape index (κ1) is 18.6. The van der Waals surface area contributed by atoms with E-state index >= 15 is 0 Å². The predicted octanol–water partition coefficient (Wildman–Crippen LogP) is 5.55. The molecule has 5 heteroatoms. The molecule has 0 atom stereocenters. The van der Waals surface area contributed by atoms with Crippen LogP contribution in [0, 0.1) is 12.3 Å². The van der Waals surface area contributed by atoms with Gasteiger partial charge in [-0.05, 0) is 50.9 Å². The third-order valence-electron chi connectivity index (χ3n) is 6.32. The average molecular weight is 386 g/mol. The Morgan fingerprint density at radius 1 is 1.19 bits per heavy atom. The number of carboxylic acids is 1. The highest BCUT2D eigenvalue weighted by molar-refractivity contribution is 7.12. The third kappa shape index (κ3) is 3.67. The van der Waals surface area contributed by atoms with Crippen LogP contribution in [0.1, 0.15) is 61.3 Å². The standard InChI is InChI=1S/C22H27NO3S/c1-16-23-19(17-7-3-2-4-8-17)20(27-16)22-13-11-21(12-14-22,15-26-22)10-6-5-9-18(24)25/h2-4,7-8H,5-6,9-15H2,1H3,(H,24,25). The Labute approximate surface area is 164 Å². The second-order valence-electron chi connectivity index (χ2n) is 8.16. The summed E-state index contributed by atoms with van der Waals surface area (Å²) in [4.78, 5) is 16.9. The van der Waals surface area contributed by atoms with Crippen molar-refractivity contribution in [2.24, 2.45) is 5.41 Å². The molecular formula is C22H27NO3S. The fourth-order valence-electron chi connectivity index (χ4n) is 4.68. The van der Waals surface area contributed by atoms with Crippen molar-refractivity contribution in [2.75, 3.05) is 6.61 Å². The van der Waals surface area contributed by atoms with Crippen molar-refractivity contribution < 1.29 is 14.6 Å². The number of benzene rings is 1. The molecule has 27 heavy (non-hydrogen) atoms. The number of hydrogen-bond donors (Lipinski definition) is 1. The lowest BCUT2D eigenvalue weighted by atomic mass is 9.63. The number of unbranched alkanes of at least 4 members (excludes halogenated alkanes) is 1. The predicted molar refractivity (Wildman–Crippen MR) is 107 cm³/mol. The van der Waals surface area contributed by atoms with Crippen LogP contribution in [0.3, 0.4) is 0 Å². The Bertz CT molecular complexity index is 790. The Balaban J connectivity index is 1.50. The Hall–Kier alpha value is -1.72. The summed E-state index contributed by atoms with van der Waals surface area (Å²) in [5, 5.41) is 9.93. The van der Waals surface area contributed by atoms with Gasteiger partial charge in [0.2, 0.25) is 0 Å². The lowest BCUT2D eigenvalue weighted by Crippen LogP contribution is -2.49. The zero-order valence-corrected chi connectivity index (χ0v) is 16.7. The van der Waals surface area contributed by atoms with E-state index in [0.717, 1.165) is 49.4 Å². The van der Waals surface area contributed by atoms with Crippen molar-refractivity contribution in [3.8, 4) is 11.3 Å². The molecule has 144 valence electrons. The van der Waals surface area contributed by atoms with E-state index in [-0.39, 0.29) is 17.4 Å². The monoisotopic (exact) mass is 385 g/mol. The minimum atomic E-state index is -0.691. The van der Waals surface area contributed by atoms with E-state index < -0.39 is 5.97 Å². The van der Waals surface area contributed by atoms with Crippen molar-refractivity contribution in [3.63, 3.8) is 0 Å². The van der Waals surface area contributed by atoms with Gasteiger partial charge in [0.1, 0.15) is 5.60 Å². The lowest BCUT2D eigenvalue weighted by molar-refractivity contribution is -0.190. The maximum absolute atomic E-state index is 10.7. The van der Waals surface area contributed by atoms with Crippen LogP contribution in [-0.4, -0.2) is 22.7 Å².